The second-order valence-corrected chi connectivity index (χ2v) is 8.23. The molecule has 1 heterocycles. The fourth-order valence-corrected chi connectivity index (χ4v) is 4.08. The molecule has 7 heteroatoms. The standard InChI is InChI=1S/C22H22N2O3S2/c1-3-12-24-21(26)19(29-22(24)28)13-16-8-10-17(11-9-16)27-14-20(25)23-18-7-5-4-6-15(18)2/h4-11,13H,3,12,14H2,1-2H3,(H,23,25)/b19-13+. The average Bonchev–Trinajstić information content (AvgIpc) is 2.97. The number of thioether (sulfide) groups is 1. The molecule has 1 aliphatic heterocycles. The molecule has 0 aliphatic carbocycles. The van der Waals surface area contributed by atoms with Crippen molar-refractivity contribution in [2.75, 3.05) is 18.5 Å². The van der Waals surface area contributed by atoms with Gasteiger partial charge in [-0.25, -0.2) is 0 Å². The SMILES string of the molecule is CCCN1C(=O)/C(=C\c2ccc(OCC(=O)Nc3ccccc3C)cc2)SC1=S. The van der Waals surface area contributed by atoms with Crippen LogP contribution in [-0.2, 0) is 9.59 Å². The predicted octanol–water partition coefficient (Wildman–Crippen LogP) is 4.62. The lowest BCUT2D eigenvalue weighted by molar-refractivity contribution is -0.122. The van der Waals surface area contributed by atoms with Gasteiger partial charge in [0.15, 0.2) is 6.61 Å². The van der Waals surface area contributed by atoms with Gasteiger partial charge in [0.2, 0.25) is 0 Å². The highest BCUT2D eigenvalue weighted by Crippen LogP contribution is 2.32. The highest BCUT2D eigenvalue weighted by Gasteiger charge is 2.31. The van der Waals surface area contributed by atoms with Gasteiger partial charge in [-0.3, -0.25) is 14.5 Å². The fourth-order valence-electron chi connectivity index (χ4n) is 2.78. The maximum Gasteiger partial charge on any atom is 0.266 e. The van der Waals surface area contributed by atoms with E-state index in [9.17, 15) is 9.59 Å². The zero-order valence-electron chi connectivity index (χ0n) is 16.3. The summed E-state index contributed by atoms with van der Waals surface area (Å²) >= 11 is 6.60. The molecule has 3 rings (SSSR count). The van der Waals surface area contributed by atoms with E-state index in [0.29, 0.717) is 21.5 Å². The fraction of sp³-hybridized carbons (Fsp3) is 0.227. The van der Waals surface area contributed by atoms with Gasteiger partial charge in [0.25, 0.3) is 11.8 Å². The van der Waals surface area contributed by atoms with Crippen LogP contribution < -0.4 is 10.1 Å². The summed E-state index contributed by atoms with van der Waals surface area (Å²) in [5.41, 5.74) is 2.64. The number of nitrogens with one attached hydrogen (secondary N) is 1. The Kier molecular flexibility index (Phi) is 7.06. The zero-order valence-corrected chi connectivity index (χ0v) is 17.9. The van der Waals surface area contributed by atoms with Crippen molar-refractivity contribution in [2.45, 2.75) is 20.3 Å². The first-order valence-corrected chi connectivity index (χ1v) is 10.5. The van der Waals surface area contributed by atoms with Gasteiger partial charge in [-0.05, 0) is 48.7 Å². The molecule has 2 aromatic rings. The van der Waals surface area contributed by atoms with Crippen molar-refractivity contribution in [1.29, 1.82) is 0 Å². The zero-order chi connectivity index (χ0) is 20.8. The lowest BCUT2D eigenvalue weighted by atomic mass is 10.2. The number of nitrogens with zero attached hydrogens (tertiary/aromatic N) is 1. The van der Waals surface area contributed by atoms with Gasteiger partial charge in [-0.15, -0.1) is 0 Å². The van der Waals surface area contributed by atoms with E-state index in [-0.39, 0.29) is 18.4 Å². The number of thiocarbonyl (C=S) groups is 1. The van der Waals surface area contributed by atoms with Crippen LogP contribution in [0.2, 0.25) is 0 Å². The van der Waals surface area contributed by atoms with Crippen molar-refractivity contribution in [3.63, 3.8) is 0 Å². The number of carbonyl (C=O) groups is 2. The van der Waals surface area contributed by atoms with Crippen LogP contribution in [0.4, 0.5) is 5.69 Å². The number of carbonyl (C=O) groups excluding carboxylic acids is 2. The van der Waals surface area contributed by atoms with E-state index in [1.165, 1.54) is 11.8 Å². The molecule has 2 amide bonds. The molecule has 150 valence electrons. The topological polar surface area (TPSA) is 58.6 Å². The molecule has 1 aliphatic rings. The molecule has 29 heavy (non-hydrogen) atoms. The van der Waals surface area contributed by atoms with Gasteiger partial charge >= 0.3 is 0 Å². The van der Waals surface area contributed by atoms with Crippen LogP contribution in [0.1, 0.15) is 24.5 Å². The Morgan fingerprint density at radius 1 is 1.21 bits per heavy atom. The molecule has 2 aromatic carbocycles. The molecule has 0 atom stereocenters. The average molecular weight is 427 g/mol. The summed E-state index contributed by atoms with van der Waals surface area (Å²) < 4.78 is 6.16. The Labute approximate surface area is 180 Å². The van der Waals surface area contributed by atoms with Crippen LogP contribution in [0.15, 0.2) is 53.4 Å². The maximum atomic E-state index is 12.4. The predicted molar refractivity (Wildman–Crippen MR) is 122 cm³/mol. The first-order chi connectivity index (χ1) is 14.0. The van der Waals surface area contributed by atoms with Gasteiger partial charge in [0.05, 0.1) is 4.91 Å². The minimum absolute atomic E-state index is 0.0462. The summed E-state index contributed by atoms with van der Waals surface area (Å²) in [7, 11) is 0. The van der Waals surface area contributed by atoms with E-state index < -0.39 is 0 Å². The highest BCUT2D eigenvalue weighted by atomic mass is 32.2. The molecule has 0 unspecified atom stereocenters. The smallest absolute Gasteiger partial charge is 0.266 e. The maximum absolute atomic E-state index is 12.4. The van der Waals surface area contributed by atoms with Crippen LogP contribution in [0.5, 0.6) is 5.75 Å². The number of para-hydroxylation sites is 1. The molecule has 0 saturated carbocycles. The van der Waals surface area contributed by atoms with E-state index in [1.807, 2.05) is 56.3 Å². The minimum atomic E-state index is -0.219. The van der Waals surface area contributed by atoms with Gasteiger partial charge in [0.1, 0.15) is 10.1 Å². The number of benzene rings is 2. The van der Waals surface area contributed by atoms with Crippen LogP contribution in [0, 0.1) is 6.92 Å². The summed E-state index contributed by atoms with van der Waals surface area (Å²) in [5.74, 6) is 0.318. The number of hydrogen-bond acceptors (Lipinski definition) is 5. The Hall–Kier alpha value is -2.64. The van der Waals surface area contributed by atoms with Crippen molar-refractivity contribution in [3.8, 4) is 5.75 Å². The summed E-state index contributed by atoms with van der Waals surface area (Å²) in [4.78, 5) is 26.7. The van der Waals surface area contributed by atoms with E-state index >= 15 is 0 Å². The molecular formula is C22H22N2O3S2. The quantitative estimate of drug-likeness (QED) is 0.517. The lowest BCUT2D eigenvalue weighted by Crippen LogP contribution is -2.28. The Morgan fingerprint density at radius 3 is 2.62 bits per heavy atom. The van der Waals surface area contributed by atoms with Crippen molar-refractivity contribution in [2.24, 2.45) is 0 Å². The van der Waals surface area contributed by atoms with Crippen LogP contribution in [0.3, 0.4) is 0 Å². The number of amides is 2. The normalized spacial score (nSPS) is 15.1. The van der Waals surface area contributed by atoms with Crippen molar-refractivity contribution >= 4 is 51.9 Å². The van der Waals surface area contributed by atoms with Gasteiger partial charge in [-0.1, -0.05) is 61.2 Å². The molecule has 1 fully saturated rings. The third-order valence-electron chi connectivity index (χ3n) is 4.29. The third-order valence-corrected chi connectivity index (χ3v) is 5.67. The van der Waals surface area contributed by atoms with Crippen molar-refractivity contribution in [1.82, 2.24) is 4.90 Å². The minimum Gasteiger partial charge on any atom is -0.484 e. The van der Waals surface area contributed by atoms with E-state index in [4.69, 9.17) is 17.0 Å². The summed E-state index contributed by atoms with van der Waals surface area (Å²) in [6.45, 7) is 4.51. The first-order valence-electron chi connectivity index (χ1n) is 9.31. The second-order valence-electron chi connectivity index (χ2n) is 6.55. The number of anilines is 1. The number of ether oxygens (including phenoxy) is 1. The lowest BCUT2D eigenvalue weighted by Gasteiger charge is -2.11. The third kappa shape index (κ3) is 5.46. The number of aryl methyl sites for hydroxylation is 1. The highest BCUT2D eigenvalue weighted by molar-refractivity contribution is 8.26. The van der Waals surface area contributed by atoms with Gasteiger partial charge in [0, 0.05) is 12.2 Å². The Balaban J connectivity index is 1.57. The molecule has 0 radical (unpaired) electrons. The first kappa shape index (κ1) is 21.1. The molecule has 0 aromatic heterocycles. The molecule has 1 saturated heterocycles. The molecular weight excluding hydrogens is 404 g/mol. The summed E-state index contributed by atoms with van der Waals surface area (Å²) in [6, 6.07) is 14.8. The molecule has 0 bridgehead atoms. The monoisotopic (exact) mass is 426 g/mol. The molecule has 0 spiro atoms. The molecule has 5 nitrogen and oxygen atoms in total. The largest absolute Gasteiger partial charge is 0.484 e. The van der Waals surface area contributed by atoms with E-state index in [2.05, 4.69) is 5.32 Å². The van der Waals surface area contributed by atoms with Crippen molar-refractivity contribution in [3.05, 3.63) is 64.6 Å². The second kappa shape index (κ2) is 9.71. The summed E-state index contributed by atoms with van der Waals surface area (Å²) in [6.07, 6.45) is 2.69. The number of hydrogen-bond donors (Lipinski definition) is 1. The molecule has 1 N–H and O–H groups in total. The van der Waals surface area contributed by atoms with Crippen LogP contribution in [0.25, 0.3) is 6.08 Å². The van der Waals surface area contributed by atoms with E-state index in [0.717, 1.165) is 23.2 Å². The van der Waals surface area contributed by atoms with Crippen LogP contribution >= 0.6 is 24.0 Å². The van der Waals surface area contributed by atoms with Gasteiger partial charge in [-0.2, -0.15) is 0 Å². The Morgan fingerprint density at radius 2 is 1.93 bits per heavy atom. The Bertz CT molecular complexity index is 955. The van der Waals surface area contributed by atoms with E-state index in [1.54, 1.807) is 17.0 Å². The summed E-state index contributed by atoms with van der Waals surface area (Å²) in [5, 5.41) is 2.83. The number of rotatable bonds is 7. The van der Waals surface area contributed by atoms with Crippen molar-refractivity contribution < 1.29 is 14.3 Å². The van der Waals surface area contributed by atoms with Gasteiger partial charge < -0.3 is 10.1 Å². The van der Waals surface area contributed by atoms with Crippen LogP contribution in [-0.4, -0.2) is 34.2 Å².